The Hall–Kier alpha value is -1.27. The van der Waals surface area contributed by atoms with Crippen LogP contribution in [0.15, 0.2) is 18.2 Å². The van der Waals surface area contributed by atoms with Gasteiger partial charge in [0.25, 0.3) is 0 Å². The SMILES string of the molecule is CC(C)(C#N)CCCCNc1cccc(Cl)c1F. The molecule has 0 unspecified atom stereocenters. The highest BCUT2D eigenvalue weighted by Crippen LogP contribution is 2.23. The average Bonchev–Trinajstić information content (AvgIpc) is 2.34. The minimum atomic E-state index is -0.406. The molecule has 1 aromatic carbocycles. The van der Waals surface area contributed by atoms with Gasteiger partial charge in [-0.3, -0.25) is 0 Å². The molecule has 1 aromatic rings. The van der Waals surface area contributed by atoms with Crippen molar-refractivity contribution in [3.05, 3.63) is 29.0 Å². The third-order valence-corrected chi connectivity index (χ3v) is 3.09. The third kappa shape index (κ3) is 4.54. The van der Waals surface area contributed by atoms with E-state index in [1.54, 1.807) is 12.1 Å². The number of nitrogens with zero attached hydrogens (tertiary/aromatic N) is 1. The summed E-state index contributed by atoms with van der Waals surface area (Å²) in [5, 5.41) is 12.0. The Morgan fingerprint density at radius 1 is 1.39 bits per heavy atom. The van der Waals surface area contributed by atoms with Crippen molar-refractivity contribution < 1.29 is 4.39 Å². The largest absolute Gasteiger partial charge is 0.383 e. The first-order chi connectivity index (χ1) is 8.46. The van der Waals surface area contributed by atoms with Crippen molar-refractivity contribution in [1.82, 2.24) is 0 Å². The Bertz CT molecular complexity index is 438. The fourth-order valence-corrected chi connectivity index (χ4v) is 1.79. The lowest BCUT2D eigenvalue weighted by atomic mass is 9.89. The summed E-state index contributed by atoms with van der Waals surface area (Å²) < 4.78 is 13.5. The number of nitrogens with one attached hydrogen (secondary N) is 1. The van der Waals surface area contributed by atoms with Gasteiger partial charge in [0.05, 0.1) is 22.2 Å². The zero-order valence-corrected chi connectivity index (χ0v) is 11.5. The topological polar surface area (TPSA) is 35.8 Å². The summed E-state index contributed by atoms with van der Waals surface area (Å²) in [5.41, 5.74) is 0.156. The average molecular weight is 269 g/mol. The van der Waals surface area contributed by atoms with E-state index in [1.165, 1.54) is 6.07 Å². The van der Waals surface area contributed by atoms with Crippen molar-refractivity contribution in [1.29, 1.82) is 5.26 Å². The van der Waals surface area contributed by atoms with Gasteiger partial charge in [0.2, 0.25) is 0 Å². The molecule has 0 fully saturated rings. The predicted octanol–water partition coefficient (Wildman–Crippen LogP) is 4.61. The number of unbranched alkanes of at least 4 members (excludes halogenated alkanes) is 1. The molecule has 1 rings (SSSR count). The molecule has 1 N–H and O–H groups in total. The Kier molecular flexibility index (Phi) is 5.43. The maximum atomic E-state index is 13.5. The summed E-state index contributed by atoms with van der Waals surface area (Å²) in [6, 6.07) is 7.18. The maximum Gasteiger partial charge on any atom is 0.164 e. The van der Waals surface area contributed by atoms with Crippen molar-refractivity contribution in [3.63, 3.8) is 0 Å². The van der Waals surface area contributed by atoms with Crippen molar-refractivity contribution >= 4 is 17.3 Å². The molecule has 0 aliphatic carbocycles. The maximum absolute atomic E-state index is 13.5. The van der Waals surface area contributed by atoms with E-state index in [2.05, 4.69) is 11.4 Å². The van der Waals surface area contributed by atoms with Crippen LogP contribution in [-0.2, 0) is 0 Å². The lowest BCUT2D eigenvalue weighted by molar-refractivity contribution is 0.430. The smallest absolute Gasteiger partial charge is 0.164 e. The number of hydrogen-bond acceptors (Lipinski definition) is 2. The zero-order chi connectivity index (χ0) is 13.6. The number of benzene rings is 1. The van der Waals surface area contributed by atoms with Crippen LogP contribution >= 0.6 is 11.6 Å². The molecule has 0 saturated heterocycles. The summed E-state index contributed by atoms with van der Waals surface area (Å²) >= 11 is 5.68. The highest BCUT2D eigenvalue weighted by Gasteiger charge is 2.15. The zero-order valence-electron chi connectivity index (χ0n) is 10.8. The van der Waals surface area contributed by atoms with E-state index in [1.807, 2.05) is 13.8 Å². The number of nitriles is 1. The van der Waals surface area contributed by atoms with Gasteiger partial charge >= 0.3 is 0 Å². The molecule has 0 saturated carbocycles. The predicted molar refractivity (Wildman–Crippen MR) is 73.1 cm³/mol. The Labute approximate surface area is 113 Å². The van der Waals surface area contributed by atoms with Crippen LogP contribution in [0.3, 0.4) is 0 Å². The van der Waals surface area contributed by atoms with Gasteiger partial charge in [0.1, 0.15) is 0 Å². The molecule has 0 aromatic heterocycles. The molecule has 4 heteroatoms. The summed E-state index contributed by atoms with van der Waals surface area (Å²) in [6.07, 6.45) is 2.69. The van der Waals surface area contributed by atoms with Crippen molar-refractivity contribution in [3.8, 4) is 6.07 Å². The summed E-state index contributed by atoms with van der Waals surface area (Å²) in [4.78, 5) is 0. The fourth-order valence-electron chi connectivity index (χ4n) is 1.61. The quantitative estimate of drug-likeness (QED) is 0.765. The van der Waals surface area contributed by atoms with E-state index < -0.39 is 5.82 Å². The van der Waals surface area contributed by atoms with Crippen molar-refractivity contribution in [2.45, 2.75) is 33.1 Å². The summed E-state index contributed by atoms with van der Waals surface area (Å²) in [7, 11) is 0. The van der Waals surface area contributed by atoms with E-state index in [0.29, 0.717) is 12.2 Å². The molecule has 0 aliphatic heterocycles. The van der Waals surface area contributed by atoms with Gasteiger partial charge in [0.15, 0.2) is 5.82 Å². The van der Waals surface area contributed by atoms with Crippen LogP contribution in [0.1, 0.15) is 33.1 Å². The lowest BCUT2D eigenvalue weighted by Gasteiger charge is -2.14. The van der Waals surface area contributed by atoms with E-state index in [4.69, 9.17) is 16.9 Å². The van der Waals surface area contributed by atoms with E-state index in [-0.39, 0.29) is 10.4 Å². The second-order valence-corrected chi connectivity index (χ2v) is 5.39. The lowest BCUT2D eigenvalue weighted by Crippen LogP contribution is -2.09. The molecule has 0 radical (unpaired) electrons. The van der Waals surface area contributed by atoms with Gasteiger partial charge in [-0.2, -0.15) is 5.26 Å². The second-order valence-electron chi connectivity index (χ2n) is 4.98. The highest BCUT2D eigenvalue weighted by molar-refractivity contribution is 6.31. The third-order valence-electron chi connectivity index (χ3n) is 2.80. The minimum absolute atomic E-state index is 0.130. The van der Waals surface area contributed by atoms with Gasteiger partial charge in [0, 0.05) is 6.54 Å². The molecule has 0 bridgehead atoms. The van der Waals surface area contributed by atoms with E-state index in [9.17, 15) is 4.39 Å². The molecular weight excluding hydrogens is 251 g/mol. The van der Waals surface area contributed by atoms with Gasteiger partial charge < -0.3 is 5.32 Å². The van der Waals surface area contributed by atoms with Crippen LogP contribution in [0.25, 0.3) is 0 Å². The van der Waals surface area contributed by atoms with E-state index >= 15 is 0 Å². The normalized spacial score (nSPS) is 11.1. The van der Waals surface area contributed by atoms with Gasteiger partial charge in [-0.15, -0.1) is 0 Å². The first kappa shape index (κ1) is 14.8. The van der Waals surface area contributed by atoms with Crippen LogP contribution in [-0.4, -0.2) is 6.54 Å². The molecule has 0 atom stereocenters. The standard InChI is InChI=1S/C14H18ClFN2/c1-14(2,10-17)8-3-4-9-18-12-7-5-6-11(15)13(12)16/h5-7,18H,3-4,8-9H2,1-2H3. The second kappa shape index (κ2) is 6.61. The highest BCUT2D eigenvalue weighted by atomic mass is 35.5. The van der Waals surface area contributed by atoms with Crippen LogP contribution in [0.4, 0.5) is 10.1 Å². The first-order valence-corrected chi connectivity index (χ1v) is 6.43. The number of hydrogen-bond donors (Lipinski definition) is 1. The fraction of sp³-hybridized carbons (Fsp3) is 0.500. The first-order valence-electron chi connectivity index (χ1n) is 6.05. The molecule has 98 valence electrons. The Morgan fingerprint density at radius 3 is 2.78 bits per heavy atom. The molecular formula is C14H18ClFN2. The molecule has 0 spiro atoms. The monoisotopic (exact) mass is 268 g/mol. The molecule has 18 heavy (non-hydrogen) atoms. The van der Waals surface area contributed by atoms with Crippen LogP contribution in [0.5, 0.6) is 0 Å². The number of halogens is 2. The van der Waals surface area contributed by atoms with Crippen molar-refractivity contribution in [2.24, 2.45) is 5.41 Å². The van der Waals surface area contributed by atoms with E-state index in [0.717, 1.165) is 19.3 Å². The molecule has 0 amide bonds. The summed E-state index contributed by atoms with van der Waals surface area (Å²) in [5.74, 6) is -0.406. The Balaban J connectivity index is 2.31. The Morgan fingerprint density at radius 2 is 2.11 bits per heavy atom. The number of anilines is 1. The van der Waals surface area contributed by atoms with Crippen LogP contribution < -0.4 is 5.32 Å². The van der Waals surface area contributed by atoms with Gasteiger partial charge in [-0.1, -0.05) is 24.1 Å². The number of rotatable bonds is 6. The van der Waals surface area contributed by atoms with Crippen LogP contribution in [0.2, 0.25) is 5.02 Å². The van der Waals surface area contributed by atoms with Gasteiger partial charge in [-0.25, -0.2) is 4.39 Å². The summed E-state index contributed by atoms with van der Waals surface area (Å²) in [6.45, 7) is 4.53. The molecule has 2 nitrogen and oxygen atoms in total. The van der Waals surface area contributed by atoms with Crippen LogP contribution in [0, 0.1) is 22.6 Å². The molecule has 0 aliphatic rings. The van der Waals surface area contributed by atoms with Crippen molar-refractivity contribution in [2.75, 3.05) is 11.9 Å². The minimum Gasteiger partial charge on any atom is -0.383 e. The molecule has 0 heterocycles. The van der Waals surface area contributed by atoms with Gasteiger partial charge in [-0.05, 0) is 38.8 Å².